The van der Waals surface area contributed by atoms with Gasteiger partial charge in [0, 0.05) is 22.3 Å². The molecule has 0 spiro atoms. The lowest BCUT2D eigenvalue weighted by atomic mass is 10.00. The van der Waals surface area contributed by atoms with E-state index in [-0.39, 0.29) is 11.9 Å². The number of methoxy groups -OCH3 is 1. The molecule has 8 heteroatoms. The van der Waals surface area contributed by atoms with E-state index < -0.39 is 11.9 Å². The van der Waals surface area contributed by atoms with Crippen molar-refractivity contribution in [3.63, 3.8) is 0 Å². The molecule has 0 unspecified atom stereocenters. The predicted octanol–water partition coefficient (Wildman–Crippen LogP) is 4.47. The highest BCUT2D eigenvalue weighted by atomic mass is 16.5. The molecule has 0 bridgehead atoms. The maximum Gasteiger partial charge on any atom is 0.333 e. The van der Waals surface area contributed by atoms with Crippen LogP contribution in [0, 0.1) is 5.92 Å². The van der Waals surface area contributed by atoms with Crippen LogP contribution >= 0.6 is 0 Å². The predicted molar refractivity (Wildman–Crippen MR) is 122 cm³/mol. The van der Waals surface area contributed by atoms with Crippen LogP contribution in [0.3, 0.4) is 0 Å². The maximum atomic E-state index is 10.7. The van der Waals surface area contributed by atoms with Gasteiger partial charge >= 0.3 is 23.9 Å². The number of rotatable bonds is 8. The van der Waals surface area contributed by atoms with E-state index in [0.717, 1.165) is 38.5 Å². The van der Waals surface area contributed by atoms with Gasteiger partial charge in [-0.3, -0.25) is 0 Å². The van der Waals surface area contributed by atoms with Crippen LogP contribution in [0.15, 0.2) is 48.1 Å². The zero-order chi connectivity index (χ0) is 25.3. The van der Waals surface area contributed by atoms with E-state index in [4.69, 9.17) is 14.9 Å². The number of carboxylic acids is 2. The summed E-state index contributed by atoms with van der Waals surface area (Å²) in [6.45, 7) is 16.0. The van der Waals surface area contributed by atoms with Crippen LogP contribution < -0.4 is 0 Å². The number of unbranched alkanes of at least 4 members (excludes halogenated alkanes) is 1. The van der Waals surface area contributed by atoms with Crippen LogP contribution in [0.5, 0.6) is 0 Å². The molecule has 8 nitrogen and oxygen atoms in total. The summed E-state index contributed by atoms with van der Waals surface area (Å²) in [6, 6.07) is 0. The van der Waals surface area contributed by atoms with E-state index in [1.165, 1.54) is 7.11 Å². The third-order valence-corrected chi connectivity index (χ3v) is 4.04. The summed E-state index contributed by atoms with van der Waals surface area (Å²) >= 11 is 0. The second-order valence-corrected chi connectivity index (χ2v) is 7.22. The van der Waals surface area contributed by atoms with Gasteiger partial charge in [0.25, 0.3) is 0 Å². The van der Waals surface area contributed by atoms with Crippen LogP contribution in [0.1, 0.15) is 59.3 Å². The second kappa shape index (κ2) is 17.5. The minimum Gasteiger partial charge on any atom is -0.478 e. The van der Waals surface area contributed by atoms with E-state index >= 15 is 0 Å². The minimum absolute atomic E-state index is 0.284. The van der Waals surface area contributed by atoms with Gasteiger partial charge < -0.3 is 19.7 Å². The third kappa shape index (κ3) is 16.6. The van der Waals surface area contributed by atoms with Crippen molar-refractivity contribution in [2.24, 2.45) is 5.92 Å². The van der Waals surface area contributed by atoms with Gasteiger partial charge in [0.2, 0.25) is 0 Å². The number of aliphatic carboxylic acids is 2. The summed E-state index contributed by atoms with van der Waals surface area (Å²) in [6.07, 6.45) is 7.46. The second-order valence-electron chi connectivity index (χ2n) is 7.22. The Labute approximate surface area is 190 Å². The smallest absolute Gasteiger partial charge is 0.333 e. The van der Waals surface area contributed by atoms with Crippen molar-refractivity contribution in [2.75, 3.05) is 13.7 Å². The average Bonchev–Trinajstić information content (AvgIpc) is 3.51. The van der Waals surface area contributed by atoms with Gasteiger partial charge in [0.1, 0.15) is 0 Å². The van der Waals surface area contributed by atoms with Crippen molar-refractivity contribution in [3.8, 4) is 0 Å². The van der Waals surface area contributed by atoms with Crippen molar-refractivity contribution in [3.05, 3.63) is 48.1 Å². The molecule has 0 aliphatic heterocycles. The summed E-state index contributed by atoms with van der Waals surface area (Å²) in [5, 5.41) is 16.5. The van der Waals surface area contributed by atoms with Crippen molar-refractivity contribution >= 4 is 23.9 Å². The SMILES string of the molecule is C=C(C(=O)O)C1CC1.C=C(C)C(=O)OC.C=C(C)C(=O)OCCCC.O=C(O)C1=CCC1. The topological polar surface area (TPSA) is 127 Å². The van der Waals surface area contributed by atoms with Crippen LogP contribution in [0.2, 0.25) is 0 Å². The Morgan fingerprint density at radius 2 is 1.53 bits per heavy atom. The summed E-state index contributed by atoms with van der Waals surface area (Å²) in [5.41, 5.74) is 1.85. The summed E-state index contributed by atoms with van der Waals surface area (Å²) in [7, 11) is 1.33. The molecule has 1 saturated carbocycles. The van der Waals surface area contributed by atoms with Gasteiger partial charge in [-0.1, -0.05) is 39.2 Å². The normalized spacial score (nSPS) is 12.8. The van der Waals surface area contributed by atoms with Gasteiger partial charge in [0.05, 0.1) is 13.7 Å². The maximum absolute atomic E-state index is 10.7. The number of carboxylic acid groups (broad SMARTS) is 2. The van der Waals surface area contributed by atoms with Gasteiger partial charge in [-0.15, -0.1) is 0 Å². The fourth-order valence-electron chi connectivity index (χ4n) is 1.70. The molecule has 180 valence electrons. The van der Waals surface area contributed by atoms with Crippen molar-refractivity contribution in [1.29, 1.82) is 0 Å². The molecule has 1 fully saturated rings. The molecule has 0 saturated heterocycles. The number of hydrogen-bond donors (Lipinski definition) is 2. The Bertz CT molecular complexity index is 726. The molecule has 2 rings (SSSR count). The average molecular weight is 453 g/mol. The molecule has 0 radical (unpaired) electrons. The van der Waals surface area contributed by atoms with Crippen molar-refractivity contribution in [1.82, 2.24) is 0 Å². The zero-order valence-corrected chi connectivity index (χ0v) is 19.6. The Kier molecular flexibility index (Phi) is 17.0. The van der Waals surface area contributed by atoms with Crippen LogP contribution in [-0.2, 0) is 28.7 Å². The fourth-order valence-corrected chi connectivity index (χ4v) is 1.70. The first-order valence-corrected chi connectivity index (χ1v) is 10.3. The molecule has 0 aromatic rings. The molecule has 0 aromatic heterocycles. The molecule has 2 aliphatic carbocycles. The number of carbonyl (C=O) groups is 4. The van der Waals surface area contributed by atoms with E-state index in [1.54, 1.807) is 19.9 Å². The molecule has 2 N–H and O–H groups in total. The van der Waals surface area contributed by atoms with Crippen molar-refractivity contribution < 1.29 is 38.9 Å². The molecule has 0 amide bonds. The monoisotopic (exact) mass is 452 g/mol. The number of allylic oxidation sites excluding steroid dienone is 1. The first-order valence-electron chi connectivity index (χ1n) is 10.3. The van der Waals surface area contributed by atoms with Crippen LogP contribution in [-0.4, -0.2) is 47.8 Å². The Hall–Kier alpha value is -3.16. The van der Waals surface area contributed by atoms with E-state index in [0.29, 0.717) is 34.8 Å². The lowest BCUT2D eigenvalue weighted by Crippen LogP contribution is -2.05. The highest BCUT2D eigenvalue weighted by Crippen LogP contribution is 2.35. The molecular weight excluding hydrogens is 416 g/mol. The third-order valence-electron chi connectivity index (χ3n) is 4.04. The lowest BCUT2D eigenvalue weighted by molar-refractivity contribution is -0.139. The summed E-state index contributed by atoms with van der Waals surface area (Å²) < 4.78 is 9.08. The Balaban J connectivity index is 0. The van der Waals surface area contributed by atoms with E-state index in [9.17, 15) is 19.2 Å². The van der Waals surface area contributed by atoms with Crippen LogP contribution in [0.4, 0.5) is 0 Å². The van der Waals surface area contributed by atoms with Gasteiger partial charge in [0.15, 0.2) is 0 Å². The molecule has 2 aliphatic rings. The quantitative estimate of drug-likeness (QED) is 0.314. The van der Waals surface area contributed by atoms with Gasteiger partial charge in [-0.25, -0.2) is 19.2 Å². The molecule has 0 aromatic carbocycles. The standard InChI is InChI=1S/C8H14O2.C6H8O2.C5H6O2.C5H8O2/c1-4-5-6-10-8(9)7(2)3;1-4(6(7)8)5-2-3-5;6-5(7)4-2-1-3-4;1-4(2)5(6)7-3/h2,4-6H2,1,3H3;5H,1-3H2,(H,7,8);2H,1,3H2,(H,6,7);1H2,2-3H3. The summed E-state index contributed by atoms with van der Waals surface area (Å²) in [4.78, 5) is 40.9. The van der Waals surface area contributed by atoms with Crippen molar-refractivity contribution in [2.45, 2.75) is 59.3 Å². The Morgan fingerprint density at radius 3 is 1.69 bits per heavy atom. The zero-order valence-electron chi connectivity index (χ0n) is 19.6. The first kappa shape index (κ1) is 31.0. The van der Waals surface area contributed by atoms with E-state index in [2.05, 4.69) is 31.4 Å². The number of hydrogen-bond acceptors (Lipinski definition) is 6. The highest BCUT2D eigenvalue weighted by Gasteiger charge is 2.28. The highest BCUT2D eigenvalue weighted by molar-refractivity contribution is 5.88. The molecule has 0 heterocycles. The fraction of sp³-hybridized carbons (Fsp3) is 0.500. The molecular formula is C24H36O8. The van der Waals surface area contributed by atoms with Gasteiger partial charge in [-0.2, -0.15) is 0 Å². The number of carbonyl (C=O) groups excluding carboxylic acids is 2. The molecule has 32 heavy (non-hydrogen) atoms. The minimum atomic E-state index is -0.840. The largest absolute Gasteiger partial charge is 0.478 e. The first-order chi connectivity index (χ1) is 14.9. The number of esters is 2. The van der Waals surface area contributed by atoms with Crippen LogP contribution in [0.25, 0.3) is 0 Å². The Morgan fingerprint density at radius 1 is 1.03 bits per heavy atom. The summed E-state index contributed by atoms with van der Waals surface area (Å²) in [5.74, 6) is -1.93. The van der Waals surface area contributed by atoms with E-state index in [1.807, 2.05) is 0 Å². The van der Waals surface area contributed by atoms with Gasteiger partial charge in [-0.05, 0) is 51.9 Å². The lowest BCUT2D eigenvalue weighted by Gasteiger charge is -2.06. The molecule has 0 atom stereocenters. The number of ether oxygens (including phenoxy) is 2.